The molecule has 0 saturated carbocycles. The zero-order valence-corrected chi connectivity index (χ0v) is 13.3. The van der Waals surface area contributed by atoms with Gasteiger partial charge < -0.3 is 15.7 Å². The molecule has 0 unspecified atom stereocenters. The third-order valence-electron chi connectivity index (χ3n) is 2.72. The fraction of sp³-hybridized carbons (Fsp3) is 0.583. The van der Waals surface area contributed by atoms with E-state index in [9.17, 15) is 4.79 Å². The number of nitrogens with zero attached hydrogens (tertiary/aromatic N) is 4. The minimum atomic E-state index is -0.180. The van der Waals surface area contributed by atoms with E-state index in [0.29, 0.717) is 28.7 Å². The lowest BCUT2D eigenvalue weighted by Gasteiger charge is -2.12. The van der Waals surface area contributed by atoms with Gasteiger partial charge >= 0.3 is 0 Å². The second-order valence-electron chi connectivity index (χ2n) is 4.72. The molecule has 0 spiro atoms. The number of aromatic nitrogens is 5. The summed E-state index contributed by atoms with van der Waals surface area (Å²) in [5.74, 6) is 0.656. The Morgan fingerprint density at radius 2 is 2.23 bits per heavy atom. The lowest BCUT2D eigenvalue weighted by atomic mass is 10.3. The zero-order chi connectivity index (χ0) is 15.9. The Kier molecular flexibility index (Phi) is 5.90. The van der Waals surface area contributed by atoms with Crippen LogP contribution in [0.4, 0.5) is 5.82 Å². The lowest BCUT2D eigenvalue weighted by Crippen LogP contribution is -2.25. The monoisotopic (exact) mass is 325 g/mol. The van der Waals surface area contributed by atoms with Crippen molar-refractivity contribution in [1.29, 1.82) is 0 Å². The van der Waals surface area contributed by atoms with Gasteiger partial charge in [-0.25, -0.2) is 4.98 Å². The van der Waals surface area contributed by atoms with Crippen molar-refractivity contribution in [2.45, 2.75) is 31.5 Å². The quantitative estimate of drug-likeness (QED) is 0.399. The molecule has 22 heavy (non-hydrogen) atoms. The molecule has 0 aromatic carbocycles. The van der Waals surface area contributed by atoms with Crippen molar-refractivity contribution in [3.8, 4) is 0 Å². The van der Waals surface area contributed by atoms with Crippen molar-refractivity contribution in [2.24, 2.45) is 0 Å². The molecule has 0 radical (unpaired) electrons. The second kappa shape index (κ2) is 7.90. The van der Waals surface area contributed by atoms with Crippen LogP contribution in [0.5, 0.6) is 0 Å². The maximum Gasteiger partial charge on any atom is 0.230 e. The third kappa shape index (κ3) is 4.28. The summed E-state index contributed by atoms with van der Waals surface area (Å²) in [6.45, 7) is 4.43. The number of rotatable bonds is 8. The highest BCUT2D eigenvalue weighted by molar-refractivity contribution is 7.99. The van der Waals surface area contributed by atoms with Crippen LogP contribution in [0.25, 0.3) is 11.2 Å². The summed E-state index contributed by atoms with van der Waals surface area (Å²) in [7, 11) is 0. The highest BCUT2D eigenvalue weighted by Crippen LogP contribution is 2.21. The lowest BCUT2D eigenvalue weighted by molar-refractivity contribution is -0.118. The molecule has 0 bridgehead atoms. The Hall–Kier alpha value is -1.94. The Balaban J connectivity index is 2.11. The molecule has 10 heteroatoms. The second-order valence-corrected chi connectivity index (χ2v) is 5.66. The summed E-state index contributed by atoms with van der Waals surface area (Å²) < 4.78 is 0. The third-order valence-corrected chi connectivity index (χ3v) is 3.57. The predicted octanol–water partition coefficient (Wildman–Crippen LogP) is 0.159. The van der Waals surface area contributed by atoms with Crippen LogP contribution in [0.3, 0.4) is 0 Å². The molecule has 0 aliphatic carbocycles. The van der Waals surface area contributed by atoms with E-state index in [2.05, 4.69) is 36.0 Å². The highest BCUT2D eigenvalue weighted by atomic mass is 32.2. The molecule has 9 nitrogen and oxygen atoms in total. The van der Waals surface area contributed by atoms with Gasteiger partial charge in [0.05, 0.1) is 12.4 Å². The van der Waals surface area contributed by atoms with Crippen molar-refractivity contribution in [1.82, 2.24) is 30.7 Å². The first-order chi connectivity index (χ1) is 10.6. The first-order valence-electron chi connectivity index (χ1n) is 6.99. The van der Waals surface area contributed by atoms with E-state index in [-0.39, 0.29) is 24.3 Å². The number of fused-ring (bicyclic) bond motifs is 1. The Bertz CT molecular complexity index is 633. The molecule has 2 aromatic heterocycles. The molecule has 2 heterocycles. The zero-order valence-electron chi connectivity index (χ0n) is 12.5. The normalized spacial score (nSPS) is 12.3. The van der Waals surface area contributed by atoms with Crippen molar-refractivity contribution in [3.05, 3.63) is 0 Å². The molecule has 120 valence electrons. The van der Waals surface area contributed by atoms with Gasteiger partial charge in [0.25, 0.3) is 0 Å². The topological polar surface area (TPSA) is 129 Å². The van der Waals surface area contributed by atoms with Gasteiger partial charge in [-0.2, -0.15) is 15.3 Å². The van der Waals surface area contributed by atoms with Crippen molar-refractivity contribution in [3.63, 3.8) is 0 Å². The molecule has 2 aromatic rings. The van der Waals surface area contributed by atoms with Gasteiger partial charge in [0, 0.05) is 12.6 Å². The van der Waals surface area contributed by atoms with Gasteiger partial charge in [-0.15, -0.1) is 5.10 Å². The molecule has 0 aliphatic heterocycles. The maximum absolute atomic E-state index is 11.6. The van der Waals surface area contributed by atoms with E-state index >= 15 is 0 Å². The molecule has 2 rings (SSSR count). The molecule has 0 fully saturated rings. The number of carbonyl (C=O) groups is 1. The molecule has 0 aliphatic rings. The fourth-order valence-corrected chi connectivity index (χ4v) is 2.29. The van der Waals surface area contributed by atoms with E-state index in [1.807, 2.05) is 13.8 Å². The molecule has 1 amide bonds. The first-order valence-corrected chi connectivity index (χ1v) is 7.98. The molecular weight excluding hydrogens is 306 g/mol. The Morgan fingerprint density at radius 3 is 2.95 bits per heavy atom. The van der Waals surface area contributed by atoms with E-state index < -0.39 is 0 Å². The van der Waals surface area contributed by atoms with E-state index in [1.165, 1.54) is 11.8 Å². The summed E-state index contributed by atoms with van der Waals surface area (Å²) in [6.07, 6.45) is 0.894. The summed E-state index contributed by atoms with van der Waals surface area (Å²) in [5, 5.41) is 25.8. The maximum atomic E-state index is 11.6. The standard InChI is InChI=1S/C12H19N7O2S/c1-3-4-13-8(21)6-22-12-15-10(14-7(2)5-20)9-11(16-12)18-19-17-9/h7,20H,3-6H2,1-2H3,(H,13,21)(H2,14,15,16,17,18,19)/t7-/m1/s1. The van der Waals surface area contributed by atoms with Gasteiger partial charge in [-0.1, -0.05) is 18.7 Å². The number of nitrogens with one attached hydrogen (secondary N) is 3. The summed E-state index contributed by atoms with van der Waals surface area (Å²) in [5.41, 5.74) is 0.916. The Morgan fingerprint density at radius 1 is 1.41 bits per heavy atom. The minimum Gasteiger partial charge on any atom is -0.394 e. The van der Waals surface area contributed by atoms with Gasteiger partial charge in [-0.3, -0.25) is 4.79 Å². The summed E-state index contributed by atoms with van der Waals surface area (Å²) in [4.78, 5) is 20.2. The summed E-state index contributed by atoms with van der Waals surface area (Å²) in [6, 6.07) is -0.180. The van der Waals surface area contributed by atoms with Gasteiger partial charge in [-0.05, 0) is 13.3 Å². The van der Waals surface area contributed by atoms with E-state index in [1.54, 1.807) is 0 Å². The number of aliphatic hydroxyl groups is 1. The van der Waals surface area contributed by atoms with Crippen LogP contribution in [0.2, 0.25) is 0 Å². The van der Waals surface area contributed by atoms with E-state index in [0.717, 1.165) is 6.42 Å². The molecule has 0 saturated heterocycles. The average molecular weight is 325 g/mol. The van der Waals surface area contributed by atoms with Crippen molar-refractivity contribution >= 4 is 34.7 Å². The van der Waals surface area contributed by atoms with Crippen molar-refractivity contribution < 1.29 is 9.90 Å². The average Bonchev–Trinajstić information content (AvgIpc) is 2.99. The number of carbonyl (C=O) groups excluding carboxylic acids is 1. The number of thioether (sulfide) groups is 1. The van der Waals surface area contributed by atoms with Crippen LogP contribution >= 0.6 is 11.8 Å². The molecule has 1 atom stereocenters. The number of hydrogen-bond donors (Lipinski definition) is 4. The van der Waals surface area contributed by atoms with Gasteiger partial charge in [0.15, 0.2) is 16.5 Å². The summed E-state index contributed by atoms with van der Waals surface area (Å²) >= 11 is 1.23. The number of aliphatic hydroxyl groups excluding tert-OH is 1. The molecule has 4 N–H and O–H groups in total. The van der Waals surface area contributed by atoms with Crippen molar-refractivity contribution in [2.75, 3.05) is 24.2 Å². The number of amides is 1. The number of anilines is 1. The van der Waals surface area contributed by atoms with Crippen LogP contribution in [0, 0.1) is 0 Å². The number of hydrogen-bond acceptors (Lipinski definition) is 8. The largest absolute Gasteiger partial charge is 0.394 e. The Labute approximate surface area is 131 Å². The van der Waals surface area contributed by atoms with Crippen LogP contribution in [0.1, 0.15) is 20.3 Å². The minimum absolute atomic E-state index is 0.0365. The fourth-order valence-electron chi connectivity index (χ4n) is 1.62. The van der Waals surface area contributed by atoms with Crippen LogP contribution < -0.4 is 10.6 Å². The first kappa shape index (κ1) is 16.4. The number of aromatic amines is 1. The predicted molar refractivity (Wildman–Crippen MR) is 83.7 cm³/mol. The smallest absolute Gasteiger partial charge is 0.230 e. The van der Waals surface area contributed by atoms with Gasteiger partial charge in [0.2, 0.25) is 11.6 Å². The van der Waals surface area contributed by atoms with Gasteiger partial charge in [0.1, 0.15) is 0 Å². The molecular formula is C12H19N7O2S. The SMILES string of the molecule is CCCNC(=O)CSc1nc(N[C@H](C)CO)c2n[nH]nc2n1. The van der Waals surface area contributed by atoms with Crippen LogP contribution in [-0.2, 0) is 4.79 Å². The number of H-pyrrole nitrogens is 1. The van der Waals surface area contributed by atoms with Crippen LogP contribution in [-0.4, -0.2) is 61.3 Å². The van der Waals surface area contributed by atoms with E-state index in [4.69, 9.17) is 5.11 Å². The van der Waals surface area contributed by atoms with Crippen LogP contribution in [0.15, 0.2) is 5.16 Å². The highest BCUT2D eigenvalue weighted by Gasteiger charge is 2.14.